The molecule has 0 bridgehead atoms. The number of aryl methyl sites for hydroxylation is 2. The van der Waals surface area contributed by atoms with E-state index in [1.165, 1.54) is 34.3 Å². The number of sulfonamides is 1. The Morgan fingerprint density at radius 3 is 2.58 bits per heavy atom. The molecule has 1 aliphatic carbocycles. The van der Waals surface area contributed by atoms with Gasteiger partial charge in [-0.05, 0) is 73.9 Å². The third-order valence-electron chi connectivity index (χ3n) is 6.22. The van der Waals surface area contributed by atoms with Crippen molar-refractivity contribution in [1.29, 1.82) is 0 Å². The molecule has 8 nitrogen and oxygen atoms in total. The van der Waals surface area contributed by atoms with Gasteiger partial charge in [-0.3, -0.25) is 10.1 Å². The van der Waals surface area contributed by atoms with Gasteiger partial charge in [0.15, 0.2) is 0 Å². The van der Waals surface area contributed by atoms with Gasteiger partial charge < -0.3 is 4.42 Å². The number of aromatic nitrogens is 2. The Balaban J connectivity index is 1.20. The van der Waals surface area contributed by atoms with Crippen molar-refractivity contribution in [3.05, 3.63) is 45.8 Å². The van der Waals surface area contributed by atoms with E-state index in [1.54, 1.807) is 6.07 Å². The van der Waals surface area contributed by atoms with Gasteiger partial charge in [-0.15, -0.1) is 16.4 Å². The van der Waals surface area contributed by atoms with Crippen LogP contribution >= 0.6 is 22.9 Å². The lowest BCUT2D eigenvalue weighted by Gasteiger charge is -2.29. The molecule has 3 heterocycles. The zero-order chi connectivity index (χ0) is 23.0. The van der Waals surface area contributed by atoms with E-state index in [-0.39, 0.29) is 35.1 Å². The quantitative estimate of drug-likeness (QED) is 0.550. The second-order valence-corrected chi connectivity index (χ2v) is 12.2. The Morgan fingerprint density at radius 1 is 1.09 bits per heavy atom. The van der Waals surface area contributed by atoms with Crippen molar-refractivity contribution in [3.63, 3.8) is 0 Å². The van der Waals surface area contributed by atoms with Gasteiger partial charge in [0.05, 0.1) is 4.34 Å². The highest BCUT2D eigenvalue weighted by Crippen LogP contribution is 2.31. The Labute approximate surface area is 201 Å². The number of hydrogen-bond acceptors (Lipinski definition) is 7. The van der Waals surface area contributed by atoms with E-state index < -0.39 is 10.0 Å². The monoisotopic (exact) mass is 506 g/mol. The van der Waals surface area contributed by atoms with Crippen LogP contribution in [0.5, 0.6) is 0 Å². The maximum atomic E-state index is 12.7. The molecule has 2 aliphatic rings. The first-order valence-corrected chi connectivity index (χ1v) is 13.6. The van der Waals surface area contributed by atoms with Crippen molar-refractivity contribution >= 4 is 44.9 Å². The van der Waals surface area contributed by atoms with Crippen LogP contribution in [0.1, 0.15) is 36.8 Å². The van der Waals surface area contributed by atoms with Gasteiger partial charge in [0.1, 0.15) is 4.21 Å². The highest BCUT2D eigenvalue weighted by molar-refractivity contribution is 7.91. The van der Waals surface area contributed by atoms with E-state index in [2.05, 4.69) is 27.6 Å². The van der Waals surface area contributed by atoms with E-state index in [1.807, 2.05) is 6.07 Å². The highest BCUT2D eigenvalue weighted by Gasteiger charge is 2.33. The lowest BCUT2D eigenvalue weighted by molar-refractivity contribution is -0.121. The molecule has 1 aromatic carbocycles. The van der Waals surface area contributed by atoms with Gasteiger partial charge in [0.25, 0.3) is 10.0 Å². The van der Waals surface area contributed by atoms with Crippen LogP contribution in [0.15, 0.2) is 39.0 Å². The molecule has 5 rings (SSSR count). The maximum Gasteiger partial charge on any atom is 0.322 e. The van der Waals surface area contributed by atoms with Crippen LogP contribution in [0.3, 0.4) is 0 Å². The predicted molar refractivity (Wildman–Crippen MR) is 126 cm³/mol. The Hall–Kier alpha value is -2.27. The summed E-state index contributed by atoms with van der Waals surface area (Å²) in [5.74, 6) is -0.205. The first-order chi connectivity index (χ1) is 15.9. The first-order valence-electron chi connectivity index (χ1n) is 10.9. The van der Waals surface area contributed by atoms with Crippen LogP contribution in [0, 0.1) is 5.92 Å². The van der Waals surface area contributed by atoms with Crippen molar-refractivity contribution in [2.75, 3.05) is 18.4 Å². The maximum absolute atomic E-state index is 12.7. The molecule has 0 atom stereocenters. The van der Waals surface area contributed by atoms with E-state index >= 15 is 0 Å². The molecule has 1 amide bonds. The molecule has 1 fully saturated rings. The van der Waals surface area contributed by atoms with Crippen molar-refractivity contribution in [3.8, 4) is 11.5 Å². The summed E-state index contributed by atoms with van der Waals surface area (Å²) in [6.45, 7) is 0.528. The van der Waals surface area contributed by atoms with Gasteiger partial charge in [0, 0.05) is 24.6 Å². The minimum absolute atomic E-state index is 0.0519. The fraction of sp³-hybridized carbons (Fsp3) is 0.409. The number of anilines is 1. The van der Waals surface area contributed by atoms with E-state index in [0.717, 1.165) is 29.7 Å². The molecule has 11 heteroatoms. The molecular weight excluding hydrogens is 484 g/mol. The summed E-state index contributed by atoms with van der Waals surface area (Å²) >= 11 is 6.92. The summed E-state index contributed by atoms with van der Waals surface area (Å²) < 4.78 is 33.2. The number of piperidine rings is 1. The lowest BCUT2D eigenvalue weighted by atomic mass is 9.90. The van der Waals surface area contributed by atoms with E-state index in [9.17, 15) is 13.2 Å². The fourth-order valence-corrected chi connectivity index (χ4v) is 7.49. The molecule has 0 unspecified atom stereocenters. The first kappa shape index (κ1) is 22.5. The van der Waals surface area contributed by atoms with E-state index in [4.69, 9.17) is 16.0 Å². The molecule has 33 heavy (non-hydrogen) atoms. The Morgan fingerprint density at radius 2 is 1.85 bits per heavy atom. The fourth-order valence-electron chi connectivity index (χ4n) is 4.39. The van der Waals surface area contributed by atoms with Crippen LogP contribution in [0.2, 0.25) is 4.34 Å². The number of benzene rings is 1. The van der Waals surface area contributed by atoms with Crippen molar-refractivity contribution in [1.82, 2.24) is 14.5 Å². The molecule has 0 saturated carbocycles. The van der Waals surface area contributed by atoms with Crippen molar-refractivity contribution < 1.29 is 17.6 Å². The summed E-state index contributed by atoms with van der Waals surface area (Å²) in [5, 5.41) is 10.7. The zero-order valence-electron chi connectivity index (χ0n) is 17.8. The van der Waals surface area contributed by atoms with Gasteiger partial charge in [-0.25, -0.2) is 8.42 Å². The lowest BCUT2D eigenvalue weighted by Crippen LogP contribution is -2.41. The minimum atomic E-state index is -3.59. The second-order valence-electron chi connectivity index (χ2n) is 8.33. The molecule has 1 saturated heterocycles. The number of nitrogens with zero attached hydrogens (tertiary/aromatic N) is 3. The molecule has 1 aliphatic heterocycles. The summed E-state index contributed by atoms with van der Waals surface area (Å²) in [6.07, 6.45) is 5.38. The van der Waals surface area contributed by atoms with Crippen molar-refractivity contribution in [2.45, 2.75) is 42.7 Å². The zero-order valence-corrected chi connectivity index (χ0v) is 20.2. The third kappa shape index (κ3) is 4.70. The number of thiophene rings is 1. The molecule has 3 aromatic rings. The van der Waals surface area contributed by atoms with Crippen molar-refractivity contribution in [2.24, 2.45) is 5.92 Å². The number of carbonyl (C=O) groups is 1. The van der Waals surface area contributed by atoms with Gasteiger partial charge in [-0.1, -0.05) is 22.8 Å². The molecule has 1 N–H and O–H groups in total. The van der Waals surface area contributed by atoms with Gasteiger partial charge in [0.2, 0.25) is 11.8 Å². The summed E-state index contributed by atoms with van der Waals surface area (Å²) in [6, 6.07) is 9.30. The number of fused-ring (bicyclic) bond motifs is 1. The number of nitrogens with one attached hydrogen (secondary N) is 1. The number of amides is 1. The number of rotatable bonds is 5. The van der Waals surface area contributed by atoms with Crippen LogP contribution in [-0.2, 0) is 27.7 Å². The van der Waals surface area contributed by atoms with Crippen LogP contribution in [0.25, 0.3) is 11.5 Å². The minimum Gasteiger partial charge on any atom is -0.403 e. The standard InChI is InChI=1S/C22H23ClN4O4S2/c23-18-7-8-19(32-18)33(29,30)27-11-9-15(10-12-27)20(28)24-22-26-25-21(31-22)17-6-5-14-3-1-2-4-16(14)13-17/h5-8,13,15H,1-4,9-12H2,(H,24,26,28). The Kier molecular flexibility index (Phi) is 6.26. The summed E-state index contributed by atoms with van der Waals surface area (Å²) in [4.78, 5) is 12.7. The van der Waals surface area contributed by atoms with Crippen LogP contribution in [0.4, 0.5) is 6.01 Å². The van der Waals surface area contributed by atoms with Gasteiger partial charge in [-0.2, -0.15) is 4.31 Å². The SMILES string of the molecule is O=C(Nc1nnc(-c2ccc3c(c2)CCCC3)o1)C1CCN(S(=O)(=O)c2ccc(Cl)s2)CC1. The van der Waals surface area contributed by atoms with E-state index in [0.29, 0.717) is 23.1 Å². The Bertz CT molecular complexity index is 1280. The van der Waals surface area contributed by atoms with Crippen LogP contribution < -0.4 is 5.32 Å². The summed E-state index contributed by atoms with van der Waals surface area (Å²) in [5.41, 5.74) is 3.53. The van der Waals surface area contributed by atoms with Crippen LogP contribution in [-0.4, -0.2) is 41.9 Å². The number of hydrogen-bond donors (Lipinski definition) is 1. The topological polar surface area (TPSA) is 105 Å². The number of carbonyl (C=O) groups excluding carboxylic acids is 1. The normalized spacial score (nSPS) is 17.6. The van der Waals surface area contributed by atoms with Gasteiger partial charge >= 0.3 is 6.01 Å². The average molecular weight is 507 g/mol. The molecule has 2 aromatic heterocycles. The number of halogens is 1. The molecular formula is C22H23ClN4O4S2. The highest BCUT2D eigenvalue weighted by atomic mass is 35.5. The third-order valence-corrected chi connectivity index (χ3v) is 9.82. The second kappa shape index (κ2) is 9.17. The molecule has 0 radical (unpaired) electrons. The smallest absolute Gasteiger partial charge is 0.322 e. The predicted octanol–water partition coefficient (Wildman–Crippen LogP) is 4.37. The molecule has 0 spiro atoms. The largest absolute Gasteiger partial charge is 0.403 e. The summed E-state index contributed by atoms with van der Waals surface area (Å²) in [7, 11) is -3.59. The molecule has 174 valence electrons. The average Bonchev–Trinajstić information content (AvgIpc) is 3.48.